The summed E-state index contributed by atoms with van der Waals surface area (Å²) >= 11 is 0. The topological polar surface area (TPSA) is 67.6 Å². The lowest BCUT2D eigenvalue weighted by atomic mass is 10.0. The van der Waals surface area contributed by atoms with Crippen molar-refractivity contribution in [2.24, 2.45) is 0 Å². The molecule has 1 amide bonds. The minimum Gasteiger partial charge on any atom is -0.381 e. The minimum absolute atomic E-state index is 0.000998. The number of ether oxygens (including phenoxy) is 1. The number of piperidine rings is 1. The van der Waals surface area contributed by atoms with Gasteiger partial charge >= 0.3 is 0 Å². The van der Waals surface area contributed by atoms with Gasteiger partial charge in [-0.05, 0) is 31.9 Å². The van der Waals surface area contributed by atoms with E-state index in [0.29, 0.717) is 13.1 Å². The fourth-order valence-corrected chi connectivity index (χ4v) is 3.32. The summed E-state index contributed by atoms with van der Waals surface area (Å²) in [7, 11) is 1.48. The Balaban J connectivity index is 1.80. The Hall–Kier alpha value is -1.92. The molecule has 2 aromatic rings. The van der Waals surface area contributed by atoms with Gasteiger partial charge in [0, 0.05) is 20.2 Å². The molecular weight excluding hydrogens is 294 g/mol. The number of imidazole rings is 1. The highest BCUT2D eigenvalue weighted by molar-refractivity contribution is 5.85. The highest BCUT2D eigenvalue weighted by Crippen LogP contribution is 2.27. The smallest absolute Gasteiger partial charge is 0.256 e. The van der Waals surface area contributed by atoms with Gasteiger partial charge in [-0.2, -0.15) is 0 Å². The van der Waals surface area contributed by atoms with Gasteiger partial charge in [-0.25, -0.2) is 4.98 Å². The van der Waals surface area contributed by atoms with Crippen LogP contribution < -0.4 is 0 Å². The van der Waals surface area contributed by atoms with E-state index in [-0.39, 0.29) is 18.6 Å². The van der Waals surface area contributed by atoms with Crippen LogP contribution in [0.2, 0.25) is 0 Å². The van der Waals surface area contributed by atoms with E-state index in [1.807, 2.05) is 30.6 Å². The number of benzene rings is 1. The molecule has 0 radical (unpaired) electrons. The zero-order valence-corrected chi connectivity index (χ0v) is 13.6. The number of hydrogen-bond acceptors (Lipinski definition) is 4. The molecule has 3 rings (SSSR count). The number of aromatic nitrogens is 2. The highest BCUT2D eigenvalue weighted by Gasteiger charge is 2.37. The lowest BCUT2D eigenvalue weighted by molar-refractivity contribution is -0.156. The highest BCUT2D eigenvalue weighted by atomic mass is 16.5. The number of amides is 1. The van der Waals surface area contributed by atoms with E-state index in [9.17, 15) is 9.90 Å². The van der Waals surface area contributed by atoms with Crippen molar-refractivity contribution in [2.75, 3.05) is 26.8 Å². The van der Waals surface area contributed by atoms with E-state index in [4.69, 9.17) is 4.74 Å². The molecule has 6 heteroatoms. The summed E-state index contributed by atoms with van der Waals surface area (Å²) in [6, 6.07) is 8.18. The monoisotopic (exact) mass is 317 g/mol. The van der Waals surface area contributed by atoms with Crippen molar-refractivity contribution in [1.82, 2.24) is 14.5 Å². The summed E-state index contributed by atoms with van der Waals surface area (Å²) in [5.74, 6) is -0.270. The lowest BCUT2D eigenvalue weighted by Gasteiger charge is -2.37. The first-order valence-corrected chi connectivity index (χ1v) is 7.95. The molecule has 2 heterocycles. The molecule has 1 fully saturated rings. The number of carbonyl (C=O) groups is 1. The first-order valence-electron chi connectivity index (χ1n) is 7.95. The lowest BCUT2D eigenvalue weighted by Crippen LogP contribution is -2.52. The van der Waals surface area contributed by atoms with Crippen molar-refractivity contribution in [3.63, 3.8) is 0 Å². The van der Waals surface area contributed by atoms with Crippen LogP contribution in [0.4, 0.5) is 0 Å². The zero-order chi connectivity index (χ0) is 16.4. The van der Waals surface area contributed by atoms with Crippen LogP contribution >= 0.6 is 0 Å². The van der Waals surface area contributed by atoms with Crippen LogP contribution in [0.3, 0.4) is 0 Å². The van der Waals surface area contributed by atoms with Gasteiger partial charge in [0.2, 0.25) is 0 Å². The molecule has 2 atom stereocenters. The molecule has 23 heavy (non-hydrogen) atoms. The third-order valence-electron chi connectivity index (χ3n) is 4.44. The Bertz CT molecular complexity index is 695. The van der Waals surface area contributed by atoms with Gasteiger partial charge in [0.05, 0.1) is 30.0 Å². The average molecular weight is 317 g/mol. The van der Waals surface area contributed by atoms with Gasteiger partial charge in [0.1, 0.15) is 0 Å². The number of methoxy groups -OCH3 is 1. The summed E-state index contributed by atoms with van der Waals surface area (Å²) in [6.45, 7) is 2.76. The molecule has 0 bridgehead atoms. The number of likely N-dealkylation sites (tertiary alicyclic amines) is 1. The SMILES string of the molecule is COC[C@@](C)(O)C(=O)N1CCC[C@@H](n2cnc3ccccc32)C1. The fraction of sp³-hybridized carbons (Fsp3) is 0.529. The molecule has 1 saturated heterocycles. The van der Waals surface area contributed by atoms with Crippen LogP contribution in [0.25, 0.3) is 11.0 Å². The maximum absolute atomic E-state index is 12.6. The van der Waals surface area contributed by atoms with Crippen LogP contribution in [-0.4, -0.2) is 57.9 Å². The standard InChI is InChI=1S/C17H23N3O3/c1-17(22,11-23-2)16(21)19-9-5-6-13(10-19)20-12-18-14-7-3-4-8-15(14)20/h3-4,7-8,12-13,22H,5-6,9-11H2,1-2H3/t13-,17-/m1/s1. The summed E-state index contributed by atoms with van der Waals surface area (Å²) in [4.78, 5) is 18.7. The normalized spacial score (nSPS) is 21.3. The summed E-state index contributed by atoms with van der Waals surface area (Å²) in [5.41, 5.74) is 0.561. The van der Waals surface area contributed by atoms with Crippen molar-refractivity contribution in [1.29, 1.82) is 0 Å². The van der Waals surface area contributed by atoms with Crippen molar-refractivity contribution in [3.05, 3.63) is 30.6 Å². The van der Waals surface area contributed by atoms with E-state index >= 15 is 0 Å². The maximum atomic E-state index is 12.6. The Labute approximate surface area is 135 Å². The predicted molar refractivity (Wildman–Crippen MR) is 87.1 cm³/mol. The van der Waals surface area contributed by atoms with Crippen molar-refractivity contribution >= 4 is 16.9 Å². The third kappa shape index (κ3) is 3.09. The molecule has 1 aromatic heterocycles. The number of rotatable bonds is 4. The first-order chi connectivity index (χ1) is 11.0. The molecule has 1 aromatic carbocycles. The fourth-order valence-electron chi connectivity index (χ4n) is 3.32. The number of aliphatic hydroxyl groups is 1. The van der Waals surface area contributed by atoms with Crippen LogP contribution in [0.15, 0.2) is 30.6 Å². The van der Waals surface area contributed by atoms with Crippen molar-refractivity contribution < 1.29 is 14.6 Å². The molecule has 0 aliphatic carbocycles. The minimum atomic E-state index is -1.48. The van der Waals surface area contributed by atoms with Crippen LogP contribution in [0, 0.1) is 0 Å². The molecule has 1 aliphatic heterocycles. The van der Waals surface area contributed by atoms with Gasteiger partial charge in [-0.1, -0.05) is 12.1 Å². The largest absolute Gasteiger partial charge is 0.381 e. The van der Waals surface area contributed by atoms with Crippen LogP contribution in [-0.2, 0) is 9.53 Å². The van der Waals surface area contributed by atoms with Crippen molar-refractivity contribution in [3.8, 4) is 0 Å². The molecule has 0 spiro atoms. The third-order valence-corrected chi connectivity index (χ3v) is 4.44. The predicted octanol–water partition coefficient (Wildman–Crippen LogP) is 1.60. The maximum Gasteiger partial charge on any atom is 0.256 e. The van der Waals surface area contributed by atoms with Gasteiger partial charge in [-0.3, -0.25) is 4.79 Å². The van der Waals surface area contributed by atoms with E-state index in [1.54, 1.807) is 4.90 Å². The molecule has 1 N–H and O–H groups in total. The van der Waals surface area contributed by atoms with E-state index in [1.165, 1.54) is 14.0 Å². The molecule has 6 nitrogen and oxygen atoms in total. The first kappa shape index (κ1) is 16.0. The molecule has 1 aliphatic rings. The van der Waals surface area contributed by atoms with Crippen LogP contribution in [0.5, 0.6) is 0 Å². The van der Waals surface area contributed by atoms with Gasteiger partial charge in [0.25, 0.3) is 5.91 Å². The summed E-state index contributed by atoms with van der Waals surface area (Å²) < 4.78 is 7.10. The van der Waals surface area contributed by atoms with E-state index in [0.717, 1.165) is 23.9 Å². The molecule has 0 saturated carbocycles. The van der Waals surface area contributed by atoms with E-state index < -0.39 is 5.60 Å². The number of hydrogen-bond donors (Lipinski definition) is 1. The van der Waals surface area contributed by atoms with Gasteiger partial charge in [-0.15, -0.1) is 0 Å². The Morgan fingerprint density at radius 3 is 3.04 bits per heavy atom. The summed E-state index contributed by atoms with van der Waals surface area (Å²) in [5, 5.41) is 10.3. The second-order valence-electron chi connectivity index (χ2n) is 6.39. The van der Waals surface area contributed by atoms with Crippen LogP contribution in [0.1, 0.15) is 25.8 Å². The van der Waals surface area contributed by atoms with Crippen molar-refractivity contribution in [2.45, 2.75) is 31.4 Å². The number of fused-ring (bicyclic) bond motifs is 1. The molecule has 124 valence electrons. The Morgan fingerprint density at radius 1 is 1.48 bits per heavy atom. The number of carbonyl (C=O) groups excluding carboxylic acids is 1. The van der Waals surface area contributed by atoms with E-state index in [2.05, 4.69) is 9.55 Å². The van der Waals surface area contributed by atoms with Gasteiger partial charge in [0.15, 0.2) is 5.60 Å². The zero-order valence-electron chi connectivity index (χ0n) is 13.6. The second kappa shape index (κ2) is 6.29. The average Bonchev–Trinajstić information content (AvgIpc) is 2.98. The molecular formula is C17H23N3O3. The van der Waals surface area contributed by atoms with Gasteiger partial charge < -0.3 is 19.3 Å². The Kier molecular flexibility index (Phi) is 4.37. The summed E-state index contributed by atoms with van der Waals surface area (Å²) in [6.07, 6.45) is 3.75. The second-order valence-corrected chi connectivity index (χ2v) is 6.39. The number of para-hydroxylation sites is 2. The number of nitrogens with zero attached hydrogens (tertiary/aromatic N) is 3. The molecule has 0 unspecified atom stereocenters. The quantitative estimate of drug-likeness (QED) is 0.930. The Morgan fingerprint density at radius 2 is 2.26 bits per heavy atom.